The van der Waals surface area contributed by atoms with Crippen LogP contribution in [0.25, 0.3) is 6.08 Å². The molecule has 0 aromatic heterocycles. The van der Waals surface area contributed by atoms with E-state index in [1.165, 1.54) is 13.2 Å². The maximum Gasteiger partial charge on any atom is 0.330 e. The smallest absolute Gasteiger partial charge is 0.330 e. The van der Waals surface area contributed by atoms with Crippen molar-refractivity contribution in [3.63, 3.8) is 0 Å². The molecule has 1 aromatic rings. The summed E-state index contributed by atoms with van der Waals surface area (Å²) in [6.07, 6.45) is 2.86. The Bertz CT molecular complexity index is 374. The normalized spacial score (nSPS) is 10.4. The zero-order valence-corrected chi connectivity index (χ0v) is 8.41. The van der Waals surface area contributed by atoms with Crippen molar-refractivity contribution in [2.45, 2.75) is 0 Å². The van der Waals surface area contributed by atoms with Crippen LogP contribution in [-0.2, 0) is 9.53 Å². The summed E-state index contributed by atoms with van der Waals surface area (Å²) in [4.78, 5) is 10.8. The van der Waals surface area contributed by atoms with Gasteiger partial charge in [-0.15, -0.1) is 0 Å². The zero-order valence-electron chi connectivity index (χ0n) is 7.66. The molecule has 0 bridgehead atoms. The lowest BCUT2D eigenvalue weighted by atomic mass is 10.1. The molecule has 14 heavy (non-hydrogen) atoms. The minimum atomic E-state index is -0.427. The first-order valence-electron chi connectivity index (χ1n) is 3.94. The summed E-state index contributed by atoms with van der Waals surface area (Å²) in [6.45, 7) is 0. The highest BCUT2D eigenvalue weighted by atomic mass is 35.5. The lowest BCUT2D eigenvalue weighted by Crippen LogP contribution is -1.94. The second-order valence-electron chi connectivity index (χ2n) is 2.63. The molecule has 0 aliphatic heterocycles. The van der Waals surface area contributed by atoms with Gasteiger partial charge in [0.2, 0.25) is 0 Å². The average molecular weight is 212 g/mol. The van der Waals surface area contributed by atoms with Gasteiger partial charge in [-0.3, -0.25) is 0 Å². The summed E-state index contributed by atoms with van der Waals surface area (Å²) in [7, 11) is 1.31. The largest absolute Gasteiger partial charge is 0.466 e. The van der Waals surface area contributed by atoms with E-state index in [4.69, 9.17) is 17.3 Å². The van der Waals surface area contributed by atoms with Crippen LogP contribution in [0, 0.1) is 0 Å². The summed E-state index contributed by atoms with van der Waals surface area (Å²) in [5.74, 6) is -0.427. The van der Waals surface area contributed by atoms with E-state index in [2.05, 4.69) is 4.74 Å². The van der Waals surface area contributed by atoms with Crippen molar-refractivity contribution < 1.29 is 9.53 Å². The van der Waals surface area contributed by atoms with Crippen LogP contribution < -0.4 is 5.73 Å². The van der Waals surface area contributed by atoms with Gasteiger partial charge in [-0.05, 0) is 29.8 Å². The first kappa shape index (κ1) is 10.6. The van der Waals surface area contributed by atoms with Crippen LogP contribution >= 0.6 is 11.6 Å². The van der Waals surface area contributed by atoms with Gasteiger partial charge in [0.25, 0.3) is 0 Å². The molecule has 0 aliphatic carbocycles. The number of esters is 1. The summed E-state index contributed by atoms with van der Waals surface area (Å²) in [6, 6.07) is 5.04. The summed E-state index contributed by atoms with van der Waals surface area (Å²) >= 11 is 5.76. The Kier molecular flexibility index (Phi) is 3.54. The molecule has 1 aromatic carbocycles. The second-order valence-corrected chi connectivity index (χ2v) is 3.07. The molecule has 0 atom stereocenters. The predicted octanol–water partition coefficient (Wildman–Crippen LogP) is 2.11. The van der Waals surface area contributed by atoms with Crippen molar-refractivity contribution in [3.8, 4) is 0 Å². The number of halogens is 1. The number of ether oxygens (including phenoxy) is 1. The number of hydrogen-bond acceptors (Lipinski definition) is 3. The molecule has 0 fully saturated rings. The lowest BCUT2D eigenvalue weighted by Gasteiger charge is -1.99. The van der Waals surface area contributed by atoms with Crippen molar-refractivity contribution in [3.05, 3.63) is 34.9 Å². The quantitative estimate of drug-likeness (QED) is 0.463. The Morgan fingerprint density at radius 3 is 2.93 bits per heavy atom. The molecule has 1 rings (SSSR count). The first-order valence-corrected chi connectivity index (χ1v) is 4.32. The van der Waals surface area contributed by atoms with Crippen LogP contribution in [0.15, 0.2) is 24.3 Å². The fourth-order valence-corrected chi connectivity index (χ4v) is 1.10. The Morgan fingerprint density at radius 2 is 2.29 bits per heavy atom. The van der Waals surface area contributed by atoms with Gasteiger partial charge < -0.3 is 10.5 Å². The molecule has 0 saturated heterocycles. The molecule has 0 aliphatic rings. The van der Waals surface area contributed by atoms with Crippen molar-refractivity contribution in [2.75, 3.05) is 12.8 Å². The standard InChI is InChI=1S/C10H10ClNO2/c1-14-10(13)5-2-7-6-8(11)3-4-9(7)12/h2-6H,12H2,1H3. The first-order chi connectivity index (χ1) is 6.63. The van der Waals surface area contributed by atoms with Crippen LogP contribution in [0.4, 0.5) is 5.69 Å². The molecular weight excluding hydrogens is 202 g/mol. The Labute approximate surface area is 87.1 Å². The number of nitrogen functional groups attached to an aromatic ring is 1. The van der Waals surface area contributed by atoms with Crippen LogP contribution in [0.2, 0.25) is 5.02 Å². The Hall–Kier alpha value is -1.48. The average Bonchev–Trinajstić information content (AvgIpc) is 2.19. The maximum absolute atomic E-state index is 10.8. The third-order valence-electron chi connectivity index (χ3n) is 1.65. The van der Waals surface area contributed by atoms with Crippen LogP contribution in [0.3, 0.4) is 0 Å². The molecular formula is C10H10ClNO2. The van der Waals surface area contributed by atoms with Gasteiger partial charge in [0, 0.05) is 16.8 Å². The number of carbonyl (C=O) groups excluding carboxylic acids is 1. The Balaban J connectivity index is 2.90. The van der Waals surface area contributed by atoms with E-state index in [1.807, 2.05) is 0 Å². The van der Waals surface area contributed by atoms with E-state index in [0.717, 1.165) is 0 Å². The monoisotopic (exact) mass is 211 g/mol. The summed E-state index contributed by atoms with van der Waals surface area (Å²) in [5.41, 5.74) is 6.92. The van der Waals surface area contributed by atoms with Gasteiger partial charge in [-0.2, -0.15) is 0 Å². The molecule has 0 spiro atoms. The third kappa shape index (κ3) is 2.78. The highest BCUT2D eigenvalue weighted by molar-refractivity contribution is 6.30. The lowest BCUT2D eigenvalue weighted by molar-refractivity contribution is -0.134. The third-order valence-corrected chi connectivity index (χ3v) is 1.88. The highest BCUT2D eigenvalue weighted by Gasteiger charge is 1.97. The maximum atomic E-state index is 10.8. The van der Waals surface area contributed by atoms with E-state index in [9.17, 15) is 4.79 Å². The van der Waals surface area contributed by atoms with E-state index in [-0.39, 0.29) is 0 Å². The number of rotatable bonds is 2. The molecule has 0 radical (unpaired) electrons. The van der Waals surface area contributed by atoms with E-state index < -0.39 is 5.97 Å². The SMILES string of the molecule is COC(=O)C=Cc1cc(Cl)ccc1N. The minimum absolute atomic E-state index is 0.427. The minimum Gasteiger partial charge on any atom is -0.466 e. The van der Waals surface area contributed by atoms with E-state index in [0.29, 0.717) is 16.3 Å². The Morgan fingerprint density at radius 1 is 1.57 bits per heavy atom. The molecule has 2 N–H and O–H groups in total. The number of hydrogen-bond donors (Lipinski definition) is 1. The summed E-state index contributed by atoms with van der Waals surface area (Å²) in [5, 5.41) is 0.573. The topological polar surface area (TPSA) is 52.3 Å². The van der Waals surface area contributed by atoms with Gasteiger partial charge in [-0.25, -0.2) is 4.79 Å². The van der Waals surface area contributed by atoms with Crippen LogP contribution in [0.5, 0.6) is 0 Å². The molecule has 74 valence electrons. The number of benzene rings is 1. The van der Waals surface area contributed by atoms with E-state index >= 15 is 0 Å². The van der Waals surface area contributed by atoms with Gasteiger partial charge in [0.05, 0.1) is 7.11 Å². The fraction of sp³-hybridized carbons (Fsp3) is 0.100. The van der Waals surface area contributed by atoms with Crippen LogP contribution in [-0.4, -0.2) is 13.1 Å². The van der Waals surface area contributed by atoms with Gasteiger partial charge in [-0.1, -0.05) is 11.6 Å². The number of nitrogens with two attached hydrogens (primary N) is 1. The number of carbonyl (C=O) groups is 1. The van der Waals surface area contributed by atoms with Crippen molar-refractivity contribution in [2.24, 2.45) is 0 Å². The summed E-state index contributed by atoms with van der Waals surface area (Å²) < 4.78 is 4.44. The number of anilines is 1. The number of methoxy groups -OCH3 is 1. The van der Waals surface area contributed by atoms with Crippen molar-refractivity contribution in [1.82, 2.24) is 0 Å². The van der Waals surface area contributed by atoms with Crippen molar-refractivity contribution >= 4 is 29.3 Å². The zero-order chi connectivity index (χ0) is 10.6. The molecule has 3 nitrogen and oxygen atoms in total. The van der Waals surface area contributed by atoms with Gasteiger partial charge in [0.1, 0.15) is 0 Å². The van der Waals surface area contributed by atoms with Crippen LogP contribution in [0.1, 0.15) is 5.56 Å². The molecule has 0 amide bonds. The van der Waals surface area contributed by atoms with Gasteiger partial charge in [0.15, 0.2) is 0 Å². The van der Waals surface area contributed by atoms with Crippen molar-refractivity contribution in [1.29, 1.82) is 0 Å². The molecule has 0 heterocycles. The molecule has 4 heteroatoms. The molecule has 0 unspecified atom stereocenters. The second kappa shape index (κ2) is 4.67. The van der Waals surface area contributed by atoms with Gasteiger partial charge >= 0.3 is 5.97 Å². The fourth-order valence-electron chi connectivity index (χ4n) is 0.916. The molecule has 0 saturated carbocycles. The predicted molar refractivity (Wildman–Crippen MR) is 56.9 cm³/mol. The highest BCUT2D eigenvalue weighted by Crippen LogP contribution is 2.18. The van der Waals surface area contributed by atoms with E-state index in [1.54, 1.807) is 24.3 Å².